The number of hydrogen-bond acceptors (Lipinski definition) is 3. The average Bonchev–Trinajstić information content (AvgIpc) is 2.80. The zero-order valence-corrected chi connectivity index (χ0v) is 19.3. The number of hydrogen-bond donors (Lipinski definition) is 1. The molecule has 3 aromatic rings. The molecule has 0 saturated carbocycles. The number of carbonyl (C=O) groups is 1. The first-order valence-corrected chi connectivity index (χ1v) is 11.4. The van der Waals surface area contributed by atoms with Crippen LogP contribution in [0.3, 0.4) is 0 Å². The van der Waals surface area contributed by atoms with E-state index in [1.165, 1.54) is 6.07 Å². The van der Waals surface area contributed by atoms with Crippen molar-refractivity contribution in [3.05, 3.63) is 70.3 Å². The van der Waals surface area contributed by atoms with Crippen molar-refractivity contribution in [3.63, 3.8) is 0 Å². The van der Waals surface area contributed by atoms with Crippen molar-refractivity contribution in [1.29, 1.82) is 0 Å². The van der Waals surface area contributed by atoms with E-state index in [0.29, 0.717) is 36.2 Å². The predicted octanol–water partition coefficient (Wildman–Crippen LogP) is 5.87. The number of urea groups is 1. The van der Waals surface area contributed by atoms with Gasteiger partial charge in [0.25, 0.3) is 5.56 Å². The second-order valence-electron chi connectivity index (χ2n) is 7.97. The summed E-state index contributed by atoms with van der Waals surface area (Å²) in [7, 11) is 0. The largest absolute Gasteiger partial charge is 0.322 e. The minimum atomic E-state index is -0.849. The Morgan fingerprint density at radius 2 is 1.88 bits per heavy atom. The molecule has 0 bridgehead atoms. The Labute approximate surface area is 192 Å². The van der Waals surface area contributed by atoms with Crippen molar-refractivity contribution in [2.24, 2.45) is 0 Å². The molecule has 1 heterocycles. The van der Waals surface area contributed by atoms with Gasteiger partial charge in [-0.3, -0.25) is 9.36 Å². The fourth-order valence-electron chi connectivity index (χ4n) is 3.93. The van der Waals surface area contributed by atoms with Crippen LogP contribution in [0.4, 0.5) is 19.3 Å². The molecule has 8 heteroatoms. The van der Waals surface area contributed by atoms with Crippen LogP contribution in [0.25, 0.3) is 10.9 Å². The van der Waals surface area contributed by atoms with Crippen LogP contribution in [0.15, 0.2) is 47.3 Å². The van der Waals surface area contributed by atoms with E-state index in [4.69, 9.17) is 4.98 Å². The number of aromatic nitrogens is 2. The molecule has 2 amide bonds. The standard InChI is InChI=1S/C25H30F2N4O2/c1-4-7-15-30(25(33)29-21-13-12-17(26)16-19(21)27)22(6-3)23-28-20-11-9-8-10-18(20)24(32)31(23)14-5-2/h8-13,16,22H,4-7,14-15H2,1-3H3,(H,29,33). The van der Waals surface area contributed by atoms with Crippen LogP contribution in [-0.2, 0) is 6.54 Å². The van der Waals surface area contributed by atoms with E-state index in [1.807, 2.05) is 26.8 Å². The van der Waals surface area contributed by atoms with Crippen molar-refractivity contribution in [1.82, 2.24) is 14.5 Å². The normalized spacial score (nSPS) is 12.0. The molecular formula is C25H30F2N4O2. The molecule has 6 nitrogen and oxygen atoms in total. The molecule has 2 aromatic carbocycles. The van der Waals surface area contributed by atoms with Crippen LogP contribution < -0.4 is 10.9 Å². The smallest absolute Gasteiger partial charge is 0.314 e. The Kier molecular flexibility index (Phi) is 8.14. The zero-order valence-electron chi connectivity index (χ0n) is 19.3. The Hall–Kier alpha value is -3.29. The van der Waals surface area contributed by atoms with E-state index in [1.54, 1.807) is 27.7 Å². The number of amides is 2. The van der Waals surface area contributed by atoms with Crippen molar-refractivity contribution in [2.75, 3.05) is 11.9 Å². The lowest BCUT2D eigenvalue weighted by Crippen LogP contribution is -2.41. The van der Waals surface area contributed by atoms with Gasteiger partial charge in [-0.05, 0) is 43.5 Å². The number of nitrogens with zero attached hydrogens (tertiary/aromatic N) is 3. The summed E-state index contributed by atoms with van der Waals surface area (Å²) in [6.45, 7) is 6.78. The highest BCUT2D eigenvalue weighted by molar-refractivity contribution is 5.89. The Bertz CT molecular complexity index is 1180. The highest BCUT2D eigenvalue weighted by Gasteiger charge is 2.28. The maximum atomic E-state index is 14.2. The molecule has 0 radical (unpaired) electrons. The minimum Gasteiger partial charge on any atom is -0.314 e. The van der Waals surface area contributed by atoms with Crippen molar-refractivity contribution in [3.8, 4) is 0 Å². The number of rotatable bonds is 9. The molecule has 1 atom stereocenters. The fraction of sp³-hybridized carbons (Fsp3) is 0.400. The monoisotopic (exact) mass is 456 g/mol. The van der Waals surface area contributed by atoms with E-state index in [2.05, 4.69) is 5.32 Å². The third kappa shape index (κ3) is 5.38. The molecule has 1 unspecified atom stereocenters. The topological polar surface area (TPSA) is 67.2 Å². The van der Waals surface area contributed by atoms with E-state index in [-0.39, 0.29) is 11.2 Å². The summed E-state index contributed by atoms with van der Waals surface area (Å²) in [5.74, 6) is -1.06. The van der Waals surface area contributed by atoms with Gasteiger partial charge < -0.3 is 10.2 Å². The van der Waals surface area contributed by atoms with Crippen molar-refractivity contribution < 1.29 is 13.6 Å². The van der Waals surface area contributed by atoms with Crippen LogP contribution >= 0.6 is 0 Å². The van der Waals surface area contributed by atoms with Gasteiger partial charge in [-0.15, -0.1) is 0 Å². The van der Waals surface area contributed by atoms with Crippen LogP contribution in [0.5, 0.6) is 0 Å². The van der Waals surface area contributed by atoms with E-state index < -0.39 is 23.7 Å². The third-order valence-electron chi connectivity index (χ3n) is 5.59. The SMILES string of the molecule is CCCCN(C(=O)Nc1ccc(F)cc1F)C(CC)c1nc2ccccc2c(=O)n1CCC. The highest BCUT2D eigenvalue weighted by Crippen LogP contribution is 2.26. The fourth-order valence-corrected chi connectivity index (χ4v) is 3.93. The molecule has 1 aromatic heterocycles. The molecule has 0 aliphatic carbocycles. The van der Waals surface area contributed by atoms with Crippen molar-refractivity contribution in [2.45, 2.75) is 59.0 Å². The number of anilines is 1. The predicted molar refractivity (Wildman–Crippen MR) is 126 cm³/mol. The number of halogens is 2. The maximum Gasteiger partial charge on any atom is 0.322 e. The minimum absolute atomic E-state index is 0.102. The Morgan fingerprint density at radius 1 is 1.12 bits per heavy atom. The number of carbonyl (C=O) groups excluding carboxylic acids is 1. The lowest BCUT2D eigenvalue weighted by molar-refractivity contribution is 0.178. The van der Waals surface area contributed by atoms with Crippen LogP contribution in [0, 0.1) is 11.6 Å². The van der Waals surface area contributed by atoms with E-state index in [0.717, 1.165) is 31.4 Å². The molecule has 33 heavy (non-hydrogen) atoms. The summed E-state index contributed by atoms with van der Waals surface area (Å²) in [5.41, 5.74) is 0.329. The molecule has 0 aliphatic heterocycles. The van der Waals surface area contributed by atoms with Crippen LogP contribution in [-0.4, -0.2) is 27.0 Å². The van der Waals surface area contributed by atoms with Gasteiger partial charge in [-0.1, -0.05) is 39.3 Å². The van der Waals surface area contributed by atoms with E-state index in [9.17, 15) is 18.4 Å². The molecule has 0 saturated heterocycles. The first-order valence-electron chi connectivity index (χ1n) is 11.4. The van der Waals surface area contributed by atoms with Gasteiger partial charge in [0.15, 0.2) is 0 Å². The summed E-state index contributed by atoms with van der Waals surface area (Å²) >= 11 is 0. The summed E-state index contributed by atoms with van der Waals surface area (Å²) in [5, 5.41) is 3.09. The lowest BCUT2D eigenvalue weighted by atomic mass is 10.1. The molecule has 176 valence electrons. The Balaban J connectivity index is 2.07. The molecular weight excluding hydrogens is 426 g/mol. The first kappa shape index (κ1) is 24.4. The Morgan fingerprint density at radius 3 is 2.55 bits per heavy atom. The van der Waals surface area contributed by atoms with E-state index >= 15 is 0 Å². The van der Waals surface area contributed by atoms with Crippen molar-refractivity contribution >= 4 is 22.6 Å². The molecule has 0 aliphatic rings. The summed E-state index contributed by atoms with van der Waals surface area (Å²) in [6.07, 6.45) is 2.81. The van der Waals surface area contributed by atoms with Gasteiger partial charge >= 0.3 is 6.03 Å². The van der Waals surface area contributed by atoms with Gasteiger partial charge in [0.2, 0.25) is 0 Å². The molecule has 0 spiro atoms. The second-order valence-corrected chi connectivity index (χ2v) is 7.97. The maximum absolute atomic E-state index is 14.2. The van der Waals surface area contributed by atoms with Gasteiger partial charge in [0.05, 0.1) is 22.6 Å². The number of benzene rings is 2. The average molecular weight is 457 g/mol. The van der Waals surface area contributed by atoms with Gasteiger partial charge in [0.1, 0.15) is 17.5 Å². The quantitative estimate of drug-likeness (QED) is 0.438. The van der Waals surface area contributed by atoms with Crippen LogP contribution in [0.1, 0.15) is 58.3 Å². The first-order chi connectivity index (χ1) is 15.9. The number of fused-ring (bicyclic) bond motifs is 1. The number of unbranched alkanes of at least 4 members (excludes halogenated alkanes) is 1. The van der Waals surface area contributed by atoms with Gasteiger partial charge in [-0.25, -0.2) is 18.6 Å². The summed E-state index contributed by atoms with van der Waals surface area (Å²) < 4.78 is 29.1. The third-order valence-corrected chi connectivity index (χ3v) is 5.59. The molecule has 1 N–H and O–H groups in total. The number of nitrogens with one attached hydrogen (secondary N) is 1. The number of para-hydroxylation sites is 1. The highest BCUT2D eigenvalue weighted by atomic mass is 19.1. The zero-order chi connectivity index (χ0) is 24.0. The van der Waals surface area contributed by atoms with Crippen LogP contribution in [0.2, 0.25) is 0 Å². The van der Waals surface area contributed by atoms with Gasteiger partial charge in [-0.2, -0.15) is 0 Å². The lowest BCUT2D eigenvalue weighted by Gasteiger charge is -2.32. The second kappa shape index (κ2) is 11.0. The van der Waals surface area contributed by atoms with Gasteiger partial charge in [0, 0.05) is 19.2 Å². The molecule has 3 rings (SSSR count). The molecule has 0 fully saturated rings. The summed E-state index contributed by atoms with van der Waals surface area (Å²) in [4.78, 5) is 32.9. The summed E-state index contributed by atoms with van der Waals surface area (Å²) in [6, 6.07) is 9.16.